The fraction of sp³-hybridized carbons (Fsp3) is 0.278. The van der Waals surface area contributed by atoms with Gasteiger partial charge in [-0.1, -0.05) is 30.3 Å². The first kappa shape index (κ1) is 16.0. The summed E-state index contributed by atoms with van der Waals surface area (Å²) in [6, 6.07) is 11.8. The highest BCUT2D eigenvalue weighted by Gasteiger charge is 2.23. The largest absolute Gasteiger partial charge is 0.378 e. The highest BCUT2D eigenvalue weighted by Crippen LogP contribution is 2.26. The molecular formula is C18H18N4O2S. The fourth-order valence-corrected chi connectivity index (χ4v) is 3.58. The molecule has 2 aromatic heterocycles. The maximum atomic E-state index is 12.8. The molecule has 25 heavy (non-hydrogen) atoms. The van der Waals surface area contributed by atoms with Gasteiger partial charge in [0.2, 0.25) is 5.13 Å². The lowest BCUT2D eigenvalue weighted by molar-refractivity contribution is 0.0298. The van der Waals surface area contributed by atoms with Crippen molar-refractivity contribution in [2.45, 2.75) is 6.92 Å². The van der Waals surface area contributed by atoms with Gasteiger partial charge in [0.25, 0.3) is 5.91 Å². The van der Waals surface area contributed by atoms with Gasteiger partial charge >= 0.3 is 0 Å². The number of rotatable bonds is 3. The van der Waals surface area contributed by atoms with Crippen LogP contribution in [0.15, 0.2) is 41.8 Å². The van der Waals surface area contributed by atoms with E-state index in [0.717, 1.165) is 22.1 Å². The molecule has 1 fully saturated rings. The monoisotopic (exact) mass is 354 g/mol. The summed E-state index contributed by atoms with van der Waals surface area (Å²) in [5.41, 5.74) is 3.25. The summed E-state index contributed by atoms with van der Waals surface area (Å²) >= 11 is 1.52. The number of hydrogen-bond acceptors (Lipinski definition) is 5. The van der Waals surface area contributed by atoms with E-state index < -0.39 is 0 Å². The predicted molar refractivity (Wildman–Crippen MR) is 96.1 cm³/mol. The summed E-state index contributed by atoms with van der Waals surface area (Å²) in [6.07, 6.45) is 0. The molecule has 6 nitrogen and oxygen atoms in total. The Balaban J connectivity index is 1.76. The first-order valence-electron chi connectivity index (χ1n) is 8.17. The molecule has 1 aromatic carbocycles. The van der Waals surface area contributed by atoms with Gasteiger partial charge in [-0.3, -0.25) is 4.79 Å². The van der Waals surface area contributed by atoms with Crippen molar-refractivity contribution in [3.8, 4) is 16.4 Å². The molecule has 0 N–H and O–H groups in total. The number of carbonyl (C=O) groups excluding carboxylic acids is 1. The molecule has 7 heteroatoms. The number of carbonyl (C=O) groups is 1. The van der Waals surface area contributed by atoms with Crippen LogP contribution >= 0.6 is 11.3 Å². The van der Waals surface area contributed by atoms with E-state index in [9.17, 15) is 4.79 Å². The molecule has 3 aromatic rings. The van der Waals surface area contributed by atoms with Crippen LogP contribution < -0.4 is 0 Å². The minimum atomic E-state index is -0.0625. The van der Waals surface area contributed by atoms with Gasteiger partial charge in [-0.05, 0) is 13.0 Å². The molecule has 0 spiro atoms. The van der Waals surface area contributed by atoms with Crippen molar-refractivity contribution in [2.24, 2.45) is 0 Å². The number of thiazole rings is 1. The zero-order chi connectivity index (χ0) is 17.2. The van der Waals surface area contributed by atoms with Crippen LogP contribution in [-0.2, 0) is 4.74 Å². The van der Waals surface area contributed by atoms with E-state index in [1.165, 1.54) is 11.3 Å². The Bertz CT molecular complexity index is 882. The van der Waals surface area contributed by atoms with Crippen LogP contribution in [0, 0.1) is 6.92 Å². The van der Waals surface area contributed by atoms with E-state index >= 15 is 0 Å². The van der Waals surface area contributed by atoms with E-state index in [1.54, 1.807) is 9.58 Å². The Morgan fingerprint density at radius 2 is 1.96 bits per heavy atom. The number of aromatic nitrogens is 3. The average molecular weight is 354 g/mol. The van der Waals surface area contributed by atoms with Crippen molar-refractivity contribution in [3.05, 3.63) is 53.2 Å². The van der Waals surface area contributed by atoms with E-state index in [4.69, 9.17) is 4.74 Å². The molecule has 4 rings (SSSR count). The van der Waals surface area contributed by atoms with Crippen molar-refractivity contribution in [1.82, 2.24) is 19.7 Å². The average Bonchev–Trinajstić information content (AvgIpc) is 3.29. The highest BCUT2D eigenvalue weighted by molar-refractivity contribution is 7.12. The van der Waals surface area contributed by atoms with Crippen molar-refractivity contribution in [3.63, 3.8) is 0 Å². The summed E-state index contributed by atoms with van der Waals surface area (Å²) < 4.78 is 7.09. The first-order valence-corrected chi connectivity index (χ1v) is 9.05. The van der Waals surface area contributed by atoms with Gasteiger partial charge < -0.3 is 9.64 Å². The number of nitrogens with zero attached hydrogens (tertiary/aromatic N) is 4. The van der Waals surface area contributed by atoms with Crippen LogP contribution in [0.1, 0.15) is 16.2 Å². The lowest BCUT2D eigenvalue weighted by Crippen LogP contribution is -2.40. The van der Waals surface area contributed by atoms with Crippen LogP contribution in [-0.4, -0.2) is 51.9 Å². The Hall–Kier alpha value is -2.51. The molecule has 1 saturated heterocycles. The standard InChI is InChI=1S/C18H18N4O2S/c1-13-12-25-18(19-13)22-16(14-5-3-2-4-6-14)11-15(20-22)17(23)21-7-9-24-10-8-21/h2-6,11-12H,7-10H2,1H3. The molecule has 0 unspecified atom stereocenters. The Kier molecular flexibility index (Phi) is 4.33. The second kappa shape index (κ2) is 6.78. The molecule has 0 radical (unpaired) electrons. The third-order valence-electron chi connectivity index (χ3n) is 4.08. The van der Waals surface area contributed by atoms with Gasteiger partial charge in [0.15, 0.2) is 5.69 Å². The number of hydrogen-bond donors (Lipinski definition) is 0. The highest BCUT2D eigenvalue weighted by atomic mass is 32.1. The summed E-state index contributed by atoms with van der Waals surface area (Å²) in [5.74, 6) is -0.0625. The molecular weight excluding hydrogens is 336 g/mol. The number of ether oxygens (including phenoxy) is 1. The molecule has 128 valence electrons. The van der Waals surface area contributed by atoms with Gasteiger partial charge in [-0.15, -0.1) is 11.3 Å². The topological polar surface area (TPSA) is 60.2 Å². The molecule has 1 aliphatic heterocycles. The molecule has 0 saturated carbocycles. The van der Waals surface area contributed by atoms with Crippen molar-refractivity contribution >= 4 is 17.2 Å². The maximum Gasteiger partial charge on any atom is 0.274 e. The summed E-state index contributed by atoms with van der Waals surface area (Å²) in [4.78, 5) is 19.1. The van der Waals surface area contributed by atoms with Gasteiger partial charge in [0.05, 0.1) is 24.6 Å². The third kappa shape index (κ3) is 3.20. The zero-order valence-electron chi connectivity index (χ0n) is 13.9. The summed E-state index contributed by atoms with van der Waals surface area (Å²) in [7, 11) is 0. The van der Waals surface area contributed by atoms with Crippen LogP contribution in [0.5, 0.6) is 0 Å². The van der Waals surface area contributed by atoms with Gasteiger partial charge in [0.1, 0.15) is 0 Å². The van der Waals surface area contributed by atoms with Gasteiger partial charge in [-0.2, -0.15) is 5.10 Å². The number of morpholine rings is 1. The van der Waals surface area contributed by atoms with Crippen molar-refractivity contribution in [1.29, 1.82) is 0 Å². The summed E-state index contributed by atoms with van der Waals surface area (Å²) in [5, 5.41) is 7.32. The molecule has 0 aliphatic carbocycles. The van der Waals surface area contributed by atoms with E-state index in [0.29, 0.717) is 32.0 Å². The van der Waals surface area contributed by atoms with Crippen molar-refractivity contribution < 1.29 is 9.53 Å². The Morgan fingerprint density at radius 3 is 2.64 bits per heavy atom. The summed E-state index contributed by atoms with van der Waals surface area (Å²) in [6.45, 7) is 4.30. The minimum absolute atomic E-state index is 0.0625. The molecule has 1 amide bonds. The third-order valence-corrected chi connectivity index (χ3v) is 5.02. The predicted octanol–water partition coefficient (Wildman–Crippen LogP) is 2.78. The number of amides is 1. The first-order chi connectivity index (χ1) is 12.2. The Morgan fingerprint density at radius 1 is 1.20 bits per heavy atom. The van der Waals surface area contributed by atoms with Gasteiger partial charge in [0, 0.05) is 24.0 Å². The number of benzene rings is 1. The minimum Gasteiger partial charge on any atom is -0.378 e. The number of aryl methyl sites for hydroxylation is 1. The SMILES string of the molecule is Cc1csc(-n2nc(C(=O)N3CCOCC3)cc2-c2ccccc2)n1. The maximum absolute atomic E-state index is 12.8. The lowest BCUT2D eigenvalue weighted by Gasteiger charge is -2.25. The molecule has 3 heterocycles. The second-order valence-corrected chi connectivity index (χ2v) is 6.71. The Labute approximate surface area is 149 Å². The van der Waals surface area contributed by atoms with E-state index in [2.05, 4.69) is 10.1 Å². The van der Waals surface area contributed by atoms with E-state index in [1.807, 2.05) is 48.7 Å². The normalized spacial score (nSPS) is 14.7. The zero-order valence-corrected chi connectivity index (χ0v) is 14.7. The van der Waals surface area contributed by atoms with Crippen LogP contribution in [0.3, 0.4) is 0 Å². The molecule has 0 bridgehead atoms. The second-order valence-electron chi connectivity index (χ2n) is 5.87. The smallest absolute Gasteiger partial charge is 0.274 e. The quantitative estimate of drug-likeness (QED) is 0.726. The molecule has 1 aliphatic rings. The van der Waals surface area contributed by atoms with E-state index in [-0.39, 0.29) is 5.91 Å². The molecule has 0 atom stereocenters. The van der Waals surface area contributed by atoms with Gasteiger partial charge in [-0.25, -0.2) is 9.67 Å². The van der Waals surface area contributed by atoms with Crippen molar-refractivity contribution in [2.75, 3.05) is 26.3 Å². The van der Waals surface area contributed by atoms with Crippen LogP contribution in [0.2, 0.25) is 0 Å². The lowest BCUT2D eigenvalue weighted by atomic mass is 10.1. The fourth-order valence-electron chi connectivity index (χ4n) is 2.81. The van der Waals surface area contributed by atoms with Crippen LogP contribution in [0.4, 0.5) is 0 Å². The van der Waals surface area contributed by atoms with Crippen LogP contribution in [0.25, 0.3) is 16.4 Å².